The molecular weight excluding hydrogens is 328 g/mol. The number of aryl methyl sites for hydroxylation is 2. The third-order valence-electron chi connectivity index (χ3n) is 6.17. The number of fused-ring (bicyclic) bond motifs is 1. The molecule has 0 radical (unpaired) electrons. The first-order valence-electron chi connectivity index (χ1n) is 10.1. The van der Waals surface area contributed by atoms with Gasteiger partial charge in [-0.1, -0.05) is 12.8 Å². The Balaban J connectivity index is 1.24. The minimum absolute atomic E-state index is 0.00273. The number of nitrogens with zero attached hydrogens (tertiary/aromatic N) is 3. The zero-order chi connectivity index (χ0) is 17.9. The minimum atomic E-state index is -0.00273. The maximum atomic E-state index is 12.5. The van der Waals surface area contributed by atoms with Crippen LogP contribution in [0.15, 0.2) is 6.20 Å². The van der Waals surface area contributed by atoms with Gasteiger partial charge in [0.05, 0.1) is 6.54 Å². The van der Waals surface area contributed by atoms with Gasteiger partial charge >= 0.3 is 0 Å². The lowest BCUT2D eigenvalue weighted by atomic mass is 9.94. The number of piperidine rings is 1. The van der Waals surface area contributed by atoms with Crippen LogP contribution in [0.1, 0.15) is 62.0 Å². The quantitative estimate of drug-likeness (QED) is 0.895. The second-order valence-electron chi connectivity index (χ2n) is 7.91. The smallest absolute Gasteiger partial charge is 0.225 e. The van der Waals surface area contributed by atoms with Crippen LogP contribution in [-0.2, 0) is 29.0 Å². The van der Waals surface area contributed by atoms with E-state index in [0.29, 0.717) is 31.4 Å². The summed E-state index contributed by atoms with van der Waals surface area (Å²) < 4.78 is 0. The van der Waals surface area contributed by atoms with Crippen LogP contribution in [0.5, 0.6) is 0 Å². The standard InChI is InChI=1S/C20H28N4O2/c25-19(22-13-18-21-12-16-6-3-7-17(16)23-18)14-8-10-24(11-9-14)20(26)15-4-1-2-5-15/h12,14-15H,1-11,13H2,(H,22,25). The third-order valence-corrected chi connectivity index (χ3v) is 6.17. The summed E-state index contributed by atoms with van der Waals surface area (Å²) in [6, 6.07) is 0. The van der Waals surface area contributed by atoms with Crippen molar-refractivity contribution in [1.82, 2.24) is 20.2 Å². The molecule has 140 valence electrons. The fourth-order valence-corrected chi connectivity index (χ4v) is 4.54. The summed E-state index contributed by atoms with van der Waals surface area (Å²) in [4.78, 5) is 35.9. The molecule has 1 aliphatic heterocycles. The van der Waals surface area contributed by atoms with Crippen molar-refractivity contribution < 1.29 is 9.59 Å². The Morgan fingerprint density at radius 2 is 1.81 bits per heavy atom. The molecule has 0 spiro atoms. The molecule has 1 saturated heterocycles. The Morgan fingerprint density at radius 3 is 2.58 bits per heavy atom. The predicted molar refractivity (Wildman–Crippen MR) is 97.2 cm³/mol. The molecule has 1 aromatic heterocycles. The number of likely N-dealkylation sites (tertiary alicyclic amines) is 1. The molecule has 2 fully saturated rings. The zero-order valence-corrected chi connectivity index (χ0v) is 15.4. The van der Waals surface area contributed by atoms with Crippen molar-refractivity contribution in [3.63, 3.8) is 0 Å². The van der Waals surface area contributed by atoms with Gasteiger partial charge < -0.3 is 10.2 Å². The summed E-state index contributed by atoms with van der Waals surface area (Å²) in [5.74, 6) is 1.32. The van der Waals surface area contributed by atoms with Crippen LogP contribution >= 0.6 is 0 Å². The number of amides is 2. The molecule has 2 aliphatic carbocycles. The maximum Gasteiger partial charge on any atom is 0.225 e. The van der Waals surface area contributed by atoms with Gasteiger partial charge in [0.15, 0.2) is 0 Å². The number of nitrogens with one attached hydrogen (secondary N) is 1. The summed E-state index contributed by atoms with van der Waals surface area (Å²) in [7, 11) is 0. The summed E-state index contributed by atoms with van der Waals surface area (Å²) in [6.07, 6.45) is 11.1. The van der Waals surface area contributed by atoms with Gasteiger partial charge in [-0.2, -0.15) is 0 Å². The largest absolute Gasteiger partial charge is 0.349 e. The molecule has 1 N–H and O–H groups in total. The Kier molecular flexibility index (Phi) is 5.18. The van der Waals surface area contributed by atoms with Crippen molar-refractivity contribution in [2.75, 3.05) is 13.1 Å². The Bertz CT molecular complexity index is 676. The molecule has 2 heterocycles. The van der Waals surface area contributed by atoms with Crippen LogP contribution in [-0.4, -0.2) is 39.8 Å². The van der Waals surface area contributed by atoms with Gasteiger partial charge in [-0.3, -0.25) is 9.59 Å². The van der Waals surface area contributed by atoms with Crippen molar-refractivity contribution in [3.05, 3.63) is 23.3 Å². The highest BCUT2D eigenvalue weighted by atomic mass is 16.2. The molecule has 0 bridgehead atoms. The van der Waals surface area contributed by atoms with Crippen molar-refractivity contribution >= 4 is 11.8 Å². The van der Waals surface area contributed by atoms with Crippen molar-refractivity contribution in [2.45, 2.75) is 64.3 Å². The Morgan fingerprint density at radius 1 is 1.04 bits per heavy atom. The first-order chi connectivity index (χ1) is 12.7. The van der Waals surface area contributed by atoms with Crippen LogP contribution in [0.2, 0.25) is 0 Å². The molecule has 6 nitrogen and oxygen atoms in total. The van der Waals surface area contributed by atoms with Crippen LogP contribution < -0.4 is 5.32 Å². The monoisotopic (exact) mass is 356 g/mol. The van der Waals surface area contributed by atoms with E-state index in [1.807, 2.05) is 11.1 Å². The van der Waals surface area contributed by atoms with Gasteiger partial charge in [0.1, 0.15) is 5.82 Å². The number of hydrogen-bond acceptors (Lipinski definition) is 4. The van der Waals surface area contributed by atoms with Gasteiger partial charge in [0.2, 0.25) is 11.8 Å². The molecule has 4 rings (SSSR count). The van der Waals surface area contributed by atoms with Gasteiger partial charge in [-0.25, -0.2) is 9.97 Å². The highest BCUT2D eigenvalue weighted by Crippen LogP contribution is 2.28. The van der Waals surface area contributed by atoms with E-state index in [0.717, 1.165) is 50.6 Å². The second-order valence-corrected chi connectivity index (χ2v) is 7.91. The average Bonchev–Trinajstić information content (AvgIpc) is 3.37. The fourth-order valence-electron chi connectivity index (χ4n) is 4.54. The normalized spacial score (nSPS) is 21.0. The Hall–Kier alpha value is -1.98. The van der Waals surface area contributed by atoms with Crippen molar-refractivity contribution in [1.29, 1.82) is 0 Å². The van der Waals surface area contributed by atoms with Crippen LogP contribution in [0, 0.1) is 11.8 Å². The molecule has 0 unspecified atom stereocenters. The Labute approximate surface area is 154 Å². The van der Waals surface area contributed by atoms with Crippen LogP contribution in [0.25, 0.3) is 0 Å². The highest BCUT2D eigenvalue weighted by molar-refractivity contribution is 5.81. The number of carbonyl (C=O) groups is 2. The number of carbonyl (C=O) groups excluding carboxylic acids is 2. The second kappa shape index (κ2) is 7.72. The SMILES string of the molecule is O=C(NCc1ncc2c(n1)CCC2)C1CCN(C(=O)C2CCCC2)CC1. The molecule has 26 heavy (non-hydrogen) atoms. The summed E-state index contributed by atoms with van der Waals surface area (Å²) in [6.45, 7) is 1.82. The highest BCUT2D eigenvalue weighted by Gasteiger charge is 2.31. The molecule has 1 saturated carbocycles. The predicted octanol–water partition coefficient (Wildman–Crippen LogP) is 2.01. The molecule has 3 aliphatic rings. The fraction of sp³-hybridized carbons (Fsp3) is 0.700. The van der Waals surface area contributed by atoms with E-state index >= 15 is 0 Å². The lowest BCUT2D eigenvalue weighted by molar-refractivity contribution is -0.139. The van der Waals surface area contributed by atoms with E-state index in [2.05, 4.69) is 15.3 Å². The van der Waals surface area contributed by atoms with E-state index in [9.17, 15) is 9.59 Å². The van der Waals surface area contributed by atoms with Gasteiger partial charge in [0.25, 0.3) is 0 Å². The van der Waals surface area contributed by atoms with Crippen LogP contribution in [0.4, 0.5) is 0 Å². The van der Waals surface area contributed by atoms with Gasteiger partial charge in [-0.05, 0) is 50.5 Å². The number of hydrogen-bond donors (Lipinski definition) is 1. The summed E-state index contributed by atoms with van der Waals surface area (Å²) in [5, 5.41) is 2.99. The van der Waals surface area contributed by atoms with E-state index in [-0.39, 0.29) is 17.7 Å². The van der Waals surface area contributed by atoms with Crippen LogP contribution in [0.3, 0.4) is 0 Å². The van der Waals surface area contributed by atoms with Crippen molar-refractivity contribution in [2.24, 2.45) is 11.8 Å². The summed E-state index contributed by atoms with van der Waals surface area (Å²) in [5.41, 5.74) is 2.39. The average molecular weight is 356 g/mol. The lowest BCUT2D eigenvalue weighted by Gasteiger charge is -2.33. The number of rotatable bonds is 4. The van der Waals surface area contributed by atoms with E-state index in [4.69, 9.17) is 0 Å². The topological polar surface area (TPSA) is 75.2 Å². The molecule has 0 aromatic carbocycles. The first kappa shape index (κ1) is 17.4. The molecular formula is C20H28N4O2. The van der Waals surface area contributed by atoms with E-state index in [1.165, 1.54) is 18.4 Å². The first-order valence-corrected chi connectivity index (χ1v) is 10.1. The molecule has 1 aromatic rings. The summed E-state index contributed by atoms with van der Waals surface area (Å²) >= 11 is 0. The third kappa shape index (κ3) is 3.74. The zero-order valence-electron chi connectivity index (χ0n) is 15.4. The van der Waals surface area contributed by atoms with E-state index in [1.54, 1.807) is 0 Å². The molecule has 6 heteroatoms. The van der Waals surface area contributed by atoms with E-state index < -0.39 is 0 Å². The van der Waals surface area contributed by atoms with Gasteiger partial charge in [-0.15, -0.1) is 0 Å². The maximum absolute atomic E-state index is 12.5. The minimum Gasteiger partial charge on any atom is -0.349 e. The molecule has 0 atom stereocenters. The lowest BCUT2D eigenvalue weighted by Crippen LogP contribution is -2.44. The number of aromatic nitrogens is 2. The van der Waals surface area contributed by atoms with Crippen molar-refractivity contribution in [3.8, 4) is 0 Å². The molecule has 2 amide bonds. The van der Waals surface area contributed by atoms with Gasteiger partial charge in [0, 0.05) is 36.8 Å².